The van der Waals surface area contributed by atoms with Crippen LogP contribution >= 0.6 is 0 Å². The molecule has 0 aliphatic rings. The predicted molar refractivity (Wildman–Crippen MR) is 86.8 cm³/mol. The van der Waals surface area contributed by atoms with E-state index in [1.807, 2.05) is 16.9 Å². The van der Waals surface area contributed by atoms with E-state index in [2.05, 4.69) is 56.1 Å². The van der Waals surface area contributed by atoms with Gasteiger partial charge in [-0.05, 0) is 50.4 Å². The van der Waals surface area contributed by atoms with Crippen LogP contribution in [0.2, 0.25) is 0 Å². The molecule has 0 fully saturated rings. The Morgan fingerprint density at radius 2 is 2.05 bits per heavy atom. The summed E-state index contributed by atoms with van der Waals surface area (Å²) in [7, 11) is 0. The van der Waals surface area contributed by atoms with Gasteiger partial charge in [0, 0.05) is 18.4 Å². The van der Waals surface area contributed by atoms with Gasteiger partial charge in [0.1, 0.15) is 0 Å². The summed E-state index contributed by atoms with van der Waals surface area (Å²) in [6.07, 6.45) is 2.88. The minimum absolute atomic E-state index is 0.649. The summed E-state index contributed by atoms with van der Waals surface area (Å²) in [6.45, 7) is 12.6. The highest BCUT2D eigenvalue weighted by molar-refractivity contribution is 5.37. The fraction of sp³-hybridized carbons (Fsp3) is 0.529. The number of hydrogen-bond donors (Lipinski definition) is 1. The van der Waals surface area contributed by atoms with Gasteiger partial charge in [0.2, 0.25) is 0 Å². The first kappa shape index (κ1) is 15.7. The minimum Gasteiger partial charge on any atom is -0.311 e. The Kier molecular flexibility index (Phi) is 5.12. The van der Waals surface area contributed by atoms with Crippen molar-refractivity contribution in [3.8, 4) is 5.69 Å². The van der Waals surface area contributed by atoms with Crippen molar-refractivity contribution >= 4 is 0 Å². The summed E-state index contributed by atoms with van der Waals surface area (Å²) >= 11 is 0. The molecule has 2 aromatic heterocycles. The molecule has 0 atom stereocenters. The molecule has 0 bridgehead atoms. The van der Waals surface area contributed by atoms with Crippen LogP contribution in [0.25, 0.3) is 5.69 Å². The van der Waals surface area contributed by atoms with Gasteiger partial charge in [0.15, 0.2) is 0 Å². The number of nitrogens with zero attached hydrogens (tertiary/aromatic N) is 3. The first-order chi connectivity index (χ1) is 10.0. The van der Waals surface area contributed by atoms with Crippen LogP contribution in [0.5, 0.6) is 0 Å². The Bertz CT molecular complexity index is 599. The molecule has 2 rings (SSSR count). The van der Waals surface area contributed by atoms with E-state index >= 15 is 0 Å². The van der Waals surface area contributed by atoms with Crippen LogP contribution in [0.4, 0.5) is 0 Å². The fourth-order valence-electron chi connectivity index (χ4n) is 2.62. The normalized spacial score (nSPS) is 11.3. The lowest BCUT2D eigenvalue weighted by molar-refractivity contribution is 0.548. The van der Waals surface area contributed by atoms with Crippen molar-refractivity contribution in [1.29, 1.82) is 0 Å². The summed E-state index contributed by atoms with van der Waals surface area (Å²) in [4.78, 5) is 4.44. The van der Waals surface area contributed by atoms with E-state index in [9.17, 15) is 0 Å². The maximum Gasteiger partial charge on any atom is 0.0682 e. The van der Waals surface area contributed by atoms with E-state index in [1.165, 1.54) is 11.3 Å². The predicted octanol–water partition coefficient (Wildman–Crippen LogP) is 3.19. The Hall–Kier alpha value is -1.68. The van der Waals surface area contributed by atoms with Crippen molar-refractivity contribution in [2.75, 3.05) is 6.54 Å². The molecule has 0 spiro atoms. The SMILES string of the molecule is CCc1c(C)nn(-c2ccnc(CNCC(C)C)c2)c1C. The molecule has 0 radical (unpaired) electrons. The van der Waals surface area contributed by atoms with E-state index in [4.69, 9.17) is 0 Å². The lowest BCUT2D eigenvalue weighted by Gasteiger charge is -2.09. The second-order valence-electron chi connectivity index (χ2n) is 5.94. The quantitative estimate of drug-likeness (QED) is 0.887. The smallest absolute Gasteiger partial charge is 0.0682 e. The highest BCUT2D eigenvalue weighted by atomic mass is 15.3. The Balaban J connectivity index is 2.21. The molecule has 0 amide bonds. The molecule has 4 nitrogen and oxygen atoms in total. The molecule has 2 aromatic rings. The molecule has 2 heterocycles. The first-order valence-corrected chi connectivity index (χ1v) is 7.74. The Labute approximate surface area is 127 Å². The van der Waals surface area contributed by atoms with Gasteiger partial charge < -0.3 is 5.32 Å². The zero-order valence-corrected chi connectivity index (χ0v) is 13.8. The number of pyridine rings is 1. The van der Waals surface area contributed by atoms with Gasteiger partial charge in [-0.1, -0.05) is 20.8 Å². The molecule has 4 heteroatoms. The van der Waals surface area contributed by atoms with E-state index in [1.54, 1.807) is 0 Å². The van der Waals surface area contributed by atoms with Crippen LogP contribution in [0.15, 0.2) is 18.3 Å². The van der Waals surface area contributed by atoms with Crippen molar-refractivity contribution in [2.45, 2.75) is 47.6 Å². The molecule has 0 aromatic carbocycles. The summed E-state index contributed by atoms with van der Waals surface area (Å²) in [5.41, 5.74) is 5.82. The number of nitrogens with one attached hydrogen (secondary N) is 1. The van der Waals surface area contributed by atoms with Gasteiger partial charge >= 0.3 is 0 Å². The third-order valence-corrected chi connectivity index (χ3v) is 3.70. The molecular weight excluding hydrogens is 260 g/mol. The lowest BCUT2D eigenvalue weighted by atomic mass is 10.1. The van der Waals surface area contributed by atoms with Gasteiger partial charge in [-0.25, -0.2) is 4.68 Å². The van der Waals surface area contributed by atoms with Crippen LogP contribution in [0.1, 0.15) is 43.4 Å². The Morgan fingerprint density at radius 3 is 2.67 bits per heavy atom. The van der Waals surface area contributed by atoms with Crippen LogP contribution in [0.3, 0.4) is 0 Å². The highest BCUT2D eigenvalue weighted by Gasteiger charge is 2.11. The van der Waals surface area contributed by atoms with Crippen LogP contribution in [0, 0.1) is 19.8 Å². The van der Waals surface area contributed by atoms with Gasteiger partial charge in [0.25, 0.3) is 0 Å². The number of aryl methyl sites for hydroxylation is 1. The summed E-state index contributed by atoms with van der Waals surface area (Å²) in [5.74, 6) is 0.649. The van der Waals surface area contributed by atoms with E-state index in [0.717, 1.165) is 36.6 Å². The van der Waals surface area contributed by atoms with Crippen molar-refractivity contribution in [3.05, 3.63) is 41.0 Å². The lowest BCUT2D eigenvalue weighted by Crippen LogP contribution is -2.19. The van der Waals surface area contributed by atoms with E-state index in [-0.39, 0.29) is 0 Å². The van der Waals surface area contributed by atoms with Crippen LogP contribution < -0.4 is 5.32 Å². The average Bonchev–Trinajstić information content (AvgIpc) is 2.73. The summed E-state index contributed by atoms with van der Waals surface area (Å²) < 4.78 is 2.03. The van der Waals surface area contributed by atoms with E-state index < -0.39 is 0 Å². The maximum absolute atomic E-state index is 4.67. The molecule has 21 heavy (non-hydrogen) atoms. The second-order valence-corrected chi connectivity index (χ2v) is 5.94. The molecule has 0 aliphatic heterocycles. The first-order valence-electron chi connectivity index (χ1n) is 7.74. The van der Waals surface area contributed by atoms with Crippen molar-refractivity contribution in [2.24, 2.45) is 5.92 Å². The van der Waals surface area contributed by atoms with Gasteiger partial charge in [-0.15, -0.1) is 0 Å². The van der Waals surface area contributed by atoms with Gasteiger partial charge in [-0.3, -0.25) is 4.98 Å². The topological polar surface area (TPSA) is 42.7 Å². The largest absolute Gasteiger partial charge is 0.311 e. The van der Waals surface area contributed by atoms with Crippen molar-refractivity contribution in [3.63, 3.8) is 0 Å². The molecule has 0 unspecified atom stereocenters. The monoisotopic (exact) mass is 286 g/mol. The zero-order chi connectivity index (χ0) is 15.4. The van der Waals surface area contributed by atoms with Crippen LogP contribution in [-0.4, -0.2) is 21.3 Å². The van der Waals surface area contributed by atoms with Crippen molar-refractivity contribution in [1.82, 2.24) is 20.1 Å². The van der Waals surface area contributed by atoms with Crippen LogP contribution in [-0.2, 0) is 13.0 Å². The number of hydrogen-bond acceptors (Lipinski definition) is 3. The zero-order valence-electron chi connectivity index (χ0n) is 13.8. The third-order valence-electron chi connectivity index (χ3n) is 3.70. The highest BCUT2D eigenvalue weighted by Crippen LogP contribution is 2.18. The average molecular weight is 286 g/mol. The molecule has 114 valence electrons. The minimum atomic E-state index is 0.649. The standard InChI is InChI=1S/C17H26N4/c1-6-17-13(4)20-21(14(17)5)16-7-8-19-15(9-16)11-18-10-12(2)3/h7-9,12,18H,6,10-11H2,1-5H3. The molecule has 1 N–H and O–H groups in total. The molecule has 0 saturated carbocycles. The number of aromatic nitrogens is 3. The van der Waals surface area contributed by atoms with Gasteiger partial charge in [0.05, 0.1) is 17.1 Å². The Morgan fingerprint density at radius 1 is 1.29 bits per heavy atom. The van der Waals surface area contributed by atoms with Gasteiger partial charge in [-0.2, -0.15) is 5.10 Å². The van der Waals surface area contributed by atoms with E-state index in [0.29, 0.717) is 5.92 Å². The second kappa shape index (κ2) is 6.85. The molecular formula is C17H26N4. The fourth-order valence-corrected chi connectivity index (χ4v) is 2.62. The third kappa shape index (κ3) is 3.70. The number of rotatable bonds is 6. The molecule has 0 saturated heterocycles. The molecule has 0 aliphatic carbocycles. The summed E-state index contributed by atoms with van der Waals surface area (Å²) in [6, 6.07) is 4.14. The maximum atomic E-state index is 4.67. The summed E-state index contributed by atoms with van der Waals surface area (Å²) in [5, 5.41) is 8.10. The van der Waals surface area contributed by atoms with Crippen molar-refractivity contribution < 1.29 is 0 Å².